The highest BCUT2D eigenvalue weighted by Gasteiger charge is 2.32. The summed E-state index contributed by atoms with van der Waals surface area (Å²) in [5.41, 5.74) is 3.58. The number of nitrogens with one attached hydrogen (secondary N) is 1. The van der Waals surface area contributed by atoms with Crippen LogP contribution in [-0.2, 0) is 20.6 Å². The SMILES string of the molecule is Cc1ccc(NC(=O)C2CCCN(S(=O)(=O)Cc3ccccc3Cl)C2)cc1C. The van der Waals surface area contributed by atoms with Gasteiger partial charge in [0.15, 0.2) is 0 Å². The van der Waals surface area contributed by atoms with Gasteiger partial charge in [0.05, 0.1) is 11.7 Å². The number of hydrogen-bond acceptors (Lipinski definition) is 3. The highest BCUT2D eigenvalue weighted by molar-refractivity contribution is 7.88. The lowest BCUT2D eigenvalue weighted by molar-refractivity contribution is -0.120. The topological polar surface area (TPSA) is 66.5 Å². The van der Waals surface area contributed by atoms with Gasteiger partial charge in [-0.15, -0.1) is 0 Å². The molecule has 0 aromatic heterocycles. The second-order valence-electron chi connectivity index (χ2n) is 7.33. The molecule has 1 saturated heterocycles. The van der Waals surface area contributed by atoms with E-state index < -0.39 is 10.0 Å². The molecule has 1 fully saturated rings. The van der Waals surface area contributed by atoms with Crippen molar-refractivity contribution >= 4 is 33.2 Å². The average Bonchev–Trinajstić information content (AvgIpc) is 2.66. The van der Waals surface area contributed by atoms with Gasteiger partial charge in [-0.25, -0.2) is 12.7 Å². The Balaban J connectivity index is 1.68. The number of amides is 1. The number of piperidine rings is 1. The molecule has 1 atom stereocenters. The molecule has 2 aromatic rings. The van der Waals surface area contributed by atoms with Crippen LogP contribution in [0.25, 0.3) is 0 Å². The van der Waals surface area contributed by atoms with Gasteiger partial charge in [0.2, 0.25) is 15.9 Å². The lowest BCUT2D eigenvalue weighted by Gasteiger charge is -2.31. The Morgan fingerprint density at radius 3 is 2.64 bits per heavy atom. The maximum Gasteiger partial charge on any atom is 0.228 e. The Bertz CT molecular complexity index is 975. The number of carbonyl (C=O) groups is 1. The molecular weight excluding hydrogens is 396 g/mol. The Kier molecular flexibility index (Phi) is 6.43. The molecule has 1 unspecified atom stereocenters. The molecule has 2 aromatic carbocycles. The van der Waals surface area contributed by atoms with E-state index in [9.17, 15) is 13.2 Å². The van der Waals surface area contributed by atoms with E-state index in [0.717, 1.165) is 16.8 Å². The first-order valence-electron chi connectivity index (χ1n) is 9.35. The van der Waals surface area contributed by atoms with E-state index in [2.05, 4.69) is 5.32 Å². The summed E-state index contributed by atoms with van der Waals surface area (Å²) in [6, 6.07) is 12.7. The highest BCUT2D eigenvalue weighted by Crippen LogP contribution is 2.25. The first kappa shape index (κ1) is 20.8. The summed E-state index contributed by atoms with van der Waals surface area (Å²) >= 11 is 6.12. The Hall–Kier alpha value is -1.89. The van der Waals surface area contributed by atoms with Crippen molar-refractivity contribution in [1.29, 1.82) is 0 Å². The van der Waals surface area contributed by atoms with Crippen molar-refractivity contribution in [2.75, 3.05) is 18.4 Å². The van der Waals surface area contributed by atoms with Gasteiger partial charge in [0, 0.05) is 23.8 Å². The molecule has 28 heavy (non-hydrogen) atoms. The molecule has 0 saturated carbocycles. The van der Waals surface area contributed by atoms with E-state index in [1.54, 1.807) is 24.3 Å². The fraction of sp³-hybridized carbons (Fsp3) is 0.381. The minimum absolute atomic E-state index is 0.138. The minimum atomic E-state index is -3.54. The van der Waals surface area contributed by atoms with Crippen molar-refractivity contribution in [1.82, 2.24) is 4.31 Å². The number of carbonyl (C=O) groups excluding carboxylic acids is 1. The molecule has 0 bridgehead atoms. The summed E-state index contributed by atoms with van der Waals surface area (Å²) in [4.78, 5) is 12.7. The van der Waals surface area contributed by atoms with Crippen LogP contribution in [0.4, 0.5) is 5.69 Å². The van der Waals surface area contributed by atoms with Crippen molar-refractivity contribution in [3.05, 3.63) is 64.2 Å². The number of halogens is 1. The van der Waals surface area contributed by atoms with Crippen molar-refractivity contribution in [3.63, 3.8) is 0 Å². The zero-order valence-electron chi connectivity index (χ0n) is 16.1. The summed E-state index contributed by atoms with van der Waals surface area (Å²) in [6.45, 7) is 4.64. The monoisotopic (exact) mass is 420 g/mol. The number of nitrogens with zero attached hydrogens (tertiary/aromatic N) is 1. The number of anilines is 1. The van der Waals surface area contributed by atoms with E-state index in [0.29, 0.717) is 30.0 Å². The second kappa shape index (κ2) is 8.64. The lowest BCUT2D eigenvalue weighted by atomic mass is 9.98. The molecule has 1 N–H and O–H groups in total. The maximum absolute atomic E-state index is 12.9. The van der Waals surface area contributed by atoms with Crippen LogP contribution >= 0.6 is 11.6 Å². The van der Waals surface area contributed by atoms with Crippen LogP contribution in [0.1, 0.15) is 29.5 Å². The molecule has 1 amide bonds. The third-order valence-corrected chi connectivity index (χ3v) is 7.38. The van der Waals surface area contributed by atoms with Gasteiger partial charge < -0.3 is 5.32 Å². The van der Waals surface area contributed by atoms with Gasteiger partial charge >= 0.3 is 0 Å². The van der Waals surface area contributed by atoms with Crippen LogP contribution in [0.3, 0.4) is 0 Å². The molecule has 3 rings (SSSR count). The molecule has 1 aliphatic heterocycles. The Morgan fingerprint density at radius 2 is 1.93 bits per heavy atom. The number of rotatable bonds is 5. The lowest BCUT2D eigenvalue weighted by Crippen LogP contribution is -2.44. The van der Waals surface area contributed by atoms with Gasteiger partial charge in [-0.3, -0.25) is 4.79 Å². The van der Waals surface area contributed by atoms with Gasteiger partial charge in [-0.05, 0) is 61.6 Å². The van der Waals surface area contributed by atoms with E-state index in [-0.39, 0.29) is 24.1 Å². The van der Waals surface area contributed by atoms with Crippen LogP contribution in [0, 0.1) is 19.8 Å². The molecule has 0 radical (unpaired) electrons. The summed E-state index contributed by atoms with van der Waals surface area (Å²) in [6.07, 6.45) is 1.33. The molecule has 0 spiro atoms. The van der Waals surface area contributed by atoms with Crippen LogP contribution in [0.5, 0.6) is 0 Å². The van der Waals surface area contributed by atoms with Crippen LogP contribution in [0.2, 0.25) is 5.02 Å². The molecule has 150 valence electrons. The van der Waals surface area contributed by atoms with Crippen molar-refractivity contribution in [2.24, 2.45) is 5.92 Å². The average molecular weight is 421 g/mol. The van der Waals surface area contributed by atoms with E-state index >= 15 is 0 Å². The third kappa shape index (κ3) is 4.93. The Labute approximate surface area is 171 Å². The normalized spacial score (nSPS) is 18.0. The molecular formula is C21H25ClN2O3S. The van der Waals surface area contributed by atoms with Gasteiger partial charge in [0.25, 0.3) is 0 Å². The molecule has 1 heterocycles. The van der Waals surface area contributed by atoms with E-state index in [1.807, 2.05) is 32.0 Å². The summed E-state index contributed by atoms with van der Waals surface area (Å²) in [5, 5.41) is 3.37. The number of sulfonamides is 1. The van der Waals surface area contributed by atoms with Crippen molar-refractivity contribution < 1.29 is 13.2 Å². The van der Waals surface area contributed by atoms with E-state index in [1.165, 1.54) is 4.31 Å². The number of benzene rings is 2. The summed E-state index contributed by atoms with van der Waals surface area (Å²) in [7, 11) is -3.54. The predicted molar refractivity (Wildman–Crippen MR) is 113 cm³/mol. The highest BCUT2D eigenvalue weighted by atomic mass is 35.5. The largest absolute Gasteiger partial charge is 0.326 e. The fourth-order valence-corrected chi connectivity index (χ4v) is 5.30. The molecule has 1 aliphatic rings. The Morgan fingerprint density at radius 1 is 1.18 bits per heavy atom. The van der Waals surface area contributed by atoms with Gasteiger partial charge in [-0.1, -0.05) is 35.9 Å². The van der Waals surface area contributed by atoms with Crippen LogP contribution in [0.15, 0.2) is 42.5 Å². The quantitative estimate of drug-likeness (QED) is 0.790. The smallest absolute Gasteiger partial charge is 0.228 e. The van der Waals surface area contributed by atoms with Crippen molar-refractivity contribution in [3.8, 4) is 0 Å². The zero-order valence-corrected chi connectivity index (χ0v) is 17.7. The minimum Gasteiger partial charge on any atom is -0.326 e. The molecule has 0 aliphatic carbocycles. The number of aryl methyl sites for hydroxylation is 2. The molecule has 7 heteroatoms. The summed E-state index contributed by atoms with van der Waals surface area (Å²) < 4.78 is 27.1. The zero-order chi connectivity index (χ0) is 20.3. The van der Waals surface area contributed by atoms with Crippen LogP contribution in [-0.4, -0.2) is 31.7 Å². The van der Waals surface area contributed by atoms with E-state index in [4.69, 9.17) is 11.6 Å². The first-order chi connectivity index (χ1) is 13.3. The predicted octanol–water partition coefficient (Wildman–Crippen LogP) is 4.14. The van der Waals surface area contributed by atoms with Gasteiger partial charge in [-0.2, -0.15) is 0 Å². The first-order valence-corrected chi connectivity index (χ1v) is 11.3. The van der Waals surface area contributed by atoms with Crippen molar-refractivity contribution in [2.45, 2.75) is 32.4 Å². The standard InChI is InChI=1S/C21H25ClN2O3S/c1-15-9-10-19(12-16(15)2)23-21(25)17-7-5-11-24(13-17)28(26,27)14-18-6-3-4-8-20(18)22/h3-4,6,8-10,12,17H,5,7,11,13-14H2,1-2H3,(H,23,25). The fourth-order valence-electron chi connectivity index (χ4n) is 3.38. The molecule has 5 nitrogen and oxygen atoms in total. The van der Waals surface area contributed by atoms with Gasteiger partial charge in [0.1, 0.15) is 0 Å². The summed E-state index contributed by atoms with van der Waals surface area (Å²) in [5.74, 6) is -0.657. The van der Waals surface area contributed by atoms with Crippen LogP contribution < -0.4 is 5.32 Å². The maximum atomic E-state index is 12.9. The number of hydrogen-bond donors (Lipinski definition) is 1. The third-order valence-electron chi connectivity index (χ3n) is 5.22. The second-order valence-corrected chi connectivity index (χ2v) is 9.71.